The maximum atomic E-state index is 13.4. The van der Waals surface area contributed by atoms with Gasteiger partial charge in [-0.15, -0.1) is 0 Å². The SMILES string of the molecule is CC/C=C\C/C=C\C/C=C\C/C=C\C/C=C\CCCCC(O)C(=O)NC(COC1OC(CO)C(O)C(O)C1OC(=O)CCCCC/C=C\CCCCCCCCC)C(O)/C=C/CCCCCCCCCCCCC. The molecule has 74 heavy (non-hydrogen) atoms. The number of carbonyl (C=O) groups is 2. The van der Waals surface area contributed by atoms with Gasteiger partial charge in [0.1, 0.15) is 24.4 Å². The van der Waals surface area contributed by atoms with E-state index < -0.39 is 67.4 Å². The number of unbranched alkanes of at least 4 members (excludes halogenated alkanes) is 23. The molecule has 6 N–H and O–H groups in total. The molecule has 1 heterocycles. The Bertz CT molecular complexity index is 1520. The Labute approximate surface area is 451 Å². The van der Waals surface area contributed by atoms with E-state index in [2.05, 4.69) is 99.0 Å². The number of carbonyl (C=O) groups excluding carboxylic acids is 2. The lowest BCUT2D eigenvalue weighted by Gasteiger charge is -2.41. The first-order chi connectivity index (χ1) is 36.2. The first-order valence-corrected chi connectivity index (χ1v) is 29.9. The highest BCUT2D eigenvalue weighted by Gasteiger charge is 2.47. The van der Waals surface area contributed by atoms with Crippen molar-refractivity contribution in [3.63, 3.8) is 0 Å². The molecule has 1 fully saturated rings. The zero-order chi connectivity index (χ0) is 54.0. The number of nitrogens with one attached hydrogen (secondary N) is 1. The number of hydrogen-bond donors (Lipinski definition) is 6. The summed E-state index contributed by atoms with van der Waals surface area (Å²) in [6.07, 6.45) is 54.8. The molecule has 1 aliphatic heterocycles. The van der Waals surface area contributed by atoms with E-state index in [9.17, 15) is 35.1 Å². The van der Waals surface area contributed by atoms with Crippen molar-refractivity contribution in [2.24, 2.45) is 0 Å². The molecule has 0 bridgehead atoms. The van der Waals surface area contributed by atoms with Gasteiger partial charge < -0.3 is 45.1 Å². The van der Waals surface area contributed by atoms with Crippen LogP contribution in [0.5, 0.6) is 0 Å². The van der Waals surface area contributed by atoms with Crippen LogP contribution in [-0.2, 0) is 23.8 Å². The van der Waals surface area contributed by atoms with Crippen molar-refractivity contribution in [3.05, 3.63) is 85.1 Å². The molecule has 1 saturated heterocycles. The zero-order valence-corrected chi connectivity index (χ0v) is 46.9. The summed E-state index contributed by atoms with van der Waals surface area (Å²) < 4.78 is 17.6. The van der Waals surface area contributed by atoms with Gasteiger partial charge in [0.05, 0.1) is 25.4 Å². The smallest absolute Gasteiger partial charge is 0.306 e. The van der Waals surface area contributed by atoms with Crippen LogP contribution in [0.1, 0.15) is 239 Å². The molecule has 0 aromatic rings. The second-order valence-corrected chi connectivity index (χ2v) is 20.3. The number of amides is 1. The maximum Gasteiger partial charge on any atom is 0.306 e. The molecule has 0 aromatic carbocycles. The topological polar surface area (TPSA) is 175 Å². The average Bonchev–Trinajstić information content (AvgIpc) is 3.40. The van der Waals surface area contributed by atoms with Crippen molar-refractivity contribution < 1.29 is 49.3 Å². The normalized spacial score (nSPS) is 19.9. The second-order valence-electron chi connectivity index (χ2n) is 20.3. The van der Waals surface area contributed by atoms with Crippen LogP contribution in [0.25, 0.3) is 0 Å². The lowest BCUT2D eigenvalue weighted by molar-refractivity contribution is -0.305. The van der Waals surface area contributed by atoms with E-state index in [0.29, 0.717) is 12.8 Å². The van der Waals surface area contributed by atoms with E-state index in [1.165, 1.54) is 96.3 Å². The van der Waals surface area contributed by atoms with E-state index in [1.54, 1.807) is 6.08 Å². The van der Waals surface area contributed by atoms with Crippen LogP contribution in [0, 0.1) is 0 Å². The Balaban J connectivity index is 2.77. The molecule has 11 nitrogen and oxygen atoms in total. The summed E-state index contributed by atoms with van der Waals surface area (Å²) in [5.74, 6) is -1.25. The van der Waals surface area contributed by atoms with Crippen molar-refractivity contribution in [2.75, 3.05) is 13.2 Å². The highest BCUT2D eigenvalue weighted by atomic mass is 16.7. The molecule has 0 aliphatic carbocycles. The molecule has 0 spiro atoms. The maximum absolute atomic E-state index is 13.4. The first-order valence-electron chi connectivity index (χ1n) is 29.9. The molecule has 426 valence electrons. The molecule has 1 rings (SSSR count). The number of rotatable bonds is 49. The van der Waals surface area contributed by atoms with Crippen molar-refractivity contribution in [1.82, 2.24) is 5.32 Å². The third-order valence-electron chi connectivity index (χ3n) is 13.5. The lowest BCUT2D eigenvalue weighted by atomic mass is 9.99. The molecule has 8 atom stereocenters. The minimum absolute atomic E-state index is 0.0960. The molecule has 0 saturated carbocycles. The van der Waals surface area contributed by atoms with Crippen LogP contribution in [0.4, 0.5) is 0 Å². The van der Waals surface area contributed by atoms with Crippen LogP contribution >= 0.6 is 0 Å². The Kier molecular flexibility index (Phi) is 47.1. The average molecular weight is 1040 g/mol. The van der Waals surface area contributed by atoms with E-state index in [0.717, 1.165) is 96.3 Å². The predicted octanol–water partition coefficient (Wildman–Crippen LogP) is 13.8. The van der Waals surface area contributed by atoms with Gasteiger partial charge in [-0.1, -0.05) is 221 Å². The largest absolute Gasteiger partial charge is 0.454 e. The summed E-state index contributed by atoms with van der Waals surface area (Å²) in [7, 11) is 0. The fraction of sp³-hybridized carbons (Fsp3) is 0.746. The van der Waals surface area contributed by atoms with E-state index in [-0.39, 0.29) is 19.4 Å². The molecule has 8 unspecified atom stereocenters. The van der Waals surface area contributed by atoms with E-state index in [4.69, 9.17) is 14.2 Å². The van der Waals surface area contributed by atoms with Crippen molar-refractivity contribution in [1.29, 1.82) is 0 Å². The molecule has 0 aromatic heterocycles. The van der Waals surface area contributed by atoms with E-state index >= 15 is 0 Å². The van der Waals surface area contributed by atoms with Gasteiger partial charge in [-0.2, -0.15) is 0 Å². The molecule has 0 radical (unpaired) electrons. The minimum Gasteiger partial charge on any atom is -0.454 e. The van der Waals surface area contributed by atoms with Crippen LogP contribution < -0.4 is 5.32 Å². The van der Waals surface area contributed by atoms with Crippen molar-refractivity contribution in [2.45, 2.75) is 288 Å². The fourth-order valence-electron chi connectivity index (χ4n) is 8.79. The standard InChI is InChI=1S/C63H109NO10/c1-4-7-10-13-16-19-22-25-27-28-29-30-32-35-38-41-44-47-50-56(67)62(71)64-54(55(66)49-46-43-40-37-34-31-24-21-18-15-12-9-6-3)53-72-63-61(60(70)59(69)57(52-65)73-63)74-58(68)51-48-45-42-39-36-33-26-23-20-17-14-11-8-5-2/h7,10,16,19,25,27,29-30,33,35-36,38,46,49,54-57,59-61,63,65-67,69-70H,4-6,8-9,11-15,17-18,20-24,26,28,31-32,34,37,39-45,47-48,50-53H2,1-3H3,(H,64,71)/b10-7-,19-16-,27-25-,30-29-,36-33-,38-35-,49-46+. The molecular formula is C63H109NO10. The van der Waals surface area contributed by atoms with Gasteiger partial charge in [0, 0.05) is 6.42 Å². The third kappa shape index (κ3) is 38.4. The minimum atomic E-state index is -1.63. The molecular weight excluding hydrogens is 931 g/mol. The van der Waals surface area contributed by atoms with Gasteiger partial charge in [0.2, 0.25) is 5.91 Å². The number of aliphatic hydroxyl groups excluding tert-OH is 5. The number of aliphatic hydroxyl groups is 5. The van der Waals surface area contributed by atoms with Crippen LogP contribution in [0.15, 0.2) is 85.1 Å². The summed E-state index contributed by atoms with van der Waals surface area (Å²) in [6.45, 7) is 5.63. The van der Waals surface area contributed by atoms with Crippen LogP contribution in [0.3, 0.4) is 0 Å². The summed E-state index contributed by atoms with van der Waals surface area (Å²) in [5, 5.41) is 56.9. The van der Waals surface area contributed by atoms with Crippen LogP contribution in [-0.4, -0.2) is 99.6 Å². The quantitative estimate of drug-likeness (QED) is 0.0195. The zero-order valence-electron chi connectivity index (χ0n) is 46.9. The first kappa shape index (κ1) is 68.9. The van der Waals surface area contributed by atoms with Gasteiger partial charge in [0.25, 0.3) is 0 Å². The summed E-state index contributed by atoms with van der Waals surface area (Å²) in [5.41, 5.74) is 0. The third-order valence-corrected chi connectivity index (χ3v) is 13.5. The summed E-state index contributed by atoms with van der Waals surface area (Å²) in [4.78, 5) is 26.5. The van der Waals surface area contributed by atoms with Crippen molar-refractivity contribution in [3.8, 4) is 0 Å². The molecule has 1 amide bonds. The Morgan fingerprint density at radius 1 is 0.541 bits per heavy atom. The Hall–Kier alpha value is -3.16. The lowest BCUT2D eigenvalue weighted by Crippen LogP contribution is -2.61. The highest BCUT2D eigenvalue weighted by Crippen LogP contribution is 2.26. The second kappa shape index (κ2) is 50.6. The number of esters is 1. The van der Waals surface area contributed by atoms with Crippen LogP contribution in [0.2, 0.25) is 0 Å². The monoisotopic (exact) mass is 1040 g/mol. The van der Waals surface area contributed by atoms with Gasteiger partial charge >= 0.3 is 5.97 Å². The van der Waals surface area contributed by atoms with Gasteiger partial charge in [-0.25, -0.2) is 0 Å². The molecule has 1 aliphatic rings. The Morgan fingerprint density at radius 2 is 0.973 bits per heavy atom. The van der Waals surface area contributed by atoms with Gasteiger partial charge in [-0.05, 0) is 96.3 Å². The number of allylic oxidation sites excluding steroid dienone is 13. The number of hydrogen-bond acceptors (Lipinski definition) is 10. The fourth-order valence-corrected chi connectivity index (χ4v) is 8.79. The molecule has 11 heteroatoms. The van der Waals surface area contributed by atoms with Crippen molar-refractivity contribution >= 4 is 11.9 Å². The summed E-state index contributed by atoms with van der Waals surface area (Å²) >= 11 is 0. The van der Waals surface area contributed by atoms with Gasteiger partial charge in [0.15, 0.2) is 12.4 Å². The Morgan fingerprint density at radius 3 is 1.47 bits per heavy atom. The van der Waals surface area contributed by atoms with E-state index in [1.807, 2.05) is 6.08 Å². The highest BCUT2D eigenvalue weighted by molar-refractivity contribution is 5.80. The summed E-state index contributed by atoms with van der Waals surface area (Å²) in [6, 6.07) is -1.05. The number of ether oxygens (including phenoxy) is 3. The van der Waals surface area contributed by atoms with Gasteiger partial charge in [-0.3, -0.25) is 9.59 Å². The predicted molar refractivity (Wildman–Crippen MR) is 306 cm³/mol.